The molecule has 2 aromatic carbocycles. The number of rotatable bonds is 6. The van der Waals surface area contributed by atoms with Crippen molar-refractivity contribution in [2.75, 3.05) is 5.32 Å². The summed E-state index contributed by atoms with van der Waals surface area (Å²) in [7, 11) is 0. The van der Waals surface area contributed by atoms with E-state index in [0.717, 1.165) is 12.8 Å². The lowest BCUT2D eigenvalue weighted by Crippen LogP contribution is -2.17. The van der Waals surface area contributed by atoms with Gasteiger partial charge < -0.3 is 10.3 Å². The molecule has 1 fully saturated rings. The van der Waals surface area contributed by atoms with Gasteiger partial charge in [0.15, 0.2) is 5.78 Å². The summed E-state index contributed by atoms with van der Waals surface area (Å²) in [4.78, 5) is 39.0. The number of pyridine rings is 1. The van der Waals surface area contributed by atoms with E-state index in [1.165, 1.54) is 12.1 Å². The fourth-order valence-corrected chi connectivity index (χ4v) is 3.17. The third kappa shape index (κ3) is 4.01. The van der Waals surface area contributed by atoms with Crippen molar-refractivity contribution in [3.63, 3.8) is 0 Å². The minimum atomic E-state index is -0.417. The summed E-state index contributed by atoms with van der Waals surface area (Å²) in [6.07, 6.45) is 2.32. The quantitative estimate of drug-likeness (QED) is 0.640. The Hall–Kier alpha value is -3.28. The molecule has 28 heavy (non-hydrogen) atoms. The van der Waals surface area contributed by atoms with Gasteiger partial charge in [-0.2, -0.15) is 0 Å². The van der Waals surface area contributed by atoms with Crippen LogP contribution in [0.2, 0.25) is 0 Å². The molecule has 0 atom stereocenters. The van der Waals surface area contributed by atoms with Crippen LogP contribution in [0.25, 0.3) is 10.9 Å². The molecule has 0 unspecified atom stereocenters. The number of benzene rings is 2. The van der Waals surface area contributed by atoms with Gasteiger partial charge in [-0.15, -0.1) is 0 Å². The van der Waals surface area contributed by atoms with Gasteiger partial charge in [0.2, 0.25) is 5.91 Å². The Labute approximate surface area is 160 Å². The highest BCUT2D eigenvalue weighted by molar-refractivity contribution is 6.00. The van der Waals surface area contributed by atoms with Crippen molar-refractivity contribution in [2.45, 2.75) is 25.7 Å². The fourth-order valence-electron chi connectivity index (χ4n) is 3.17. The van der Waals surface area contributed by atoms with E-state index < -0.39 is 5.82 Å². The zero-order valence-electron chi connectivity index (χ0n) is 15.1. The Balaban J connectivity index is 1.38. The number of halogens is 1. The Kier molecular flexibility index (Phi) is 4.77. The number of ketones is 1. The van der Waals surface area contributed by atoms with Gasteiger partial charge in [-0.1, -0.05) is 0 Å². The van der Waals surface area contributed by atoms with E-state index in [1.54, 1.807) is 36.4 Å². The molecule has 4 rings (SSSR count). The lowest BCUT2D eigenvalue weighted by Gasteiger charge is -2.07. The van der Waals surface area contributed by atoms with Crippen molar-refractivity contribution in [3.05, 3.63) is 75.8 Å². The summed E-state index contributed by atoms with van der Waals surface area (Å²) in [5.41, 5.74) is 1.85. The van der Waals surface area contributed by atoms with Crippen LogP contribution in [0.5, 0.6) is 0 Å². The Morgan fingerprint density at radius 1 is 1.07 bits per heavy atom. The molecule has 5 nitrogen and oxygen atoms in total. The number of fused-ring (bicyclic) bond motifs is 1. The summed E-state index contributed by atoms with van der Waals surface area (Å²) < 4.78 is 13.2. The average Bonchev–Trinajstić information content (AvgIpc) is 3.52. The number of aryl methyl sites for hydroxylation is 1. The molecule has 6 heteroatoms. The largest absolute Gasteiger partial charge is 0.326 e. The van der Waals surface area contributed by atoms with Gasteiger partial charge in [-0.05, 0) is 73.2 Å². The highest BCUT2D eigenvalue weighted by Crippen LogP contribution is 2.32. The number of hydrogen-bond donors (Lipinski definition) is 2. The van der Waals surface area contributed by atoms with Gasteiger partial charge >= 0.3 is 0 Å². The third-order valence-electron chi connectivity index (χ3n) is 4.91. The number of hydrogen-bond acceptors (Lipinski definition) is 3. The second-order valence-electron chi connectivity index (χ2n) is 7.12. The van der Waals surface area contributed by atoms with Crippen LogP contribution >= 0.6 is 0 Å². The van der Waals surface area contributed by atoms with Crippen LogP contribution in [0.15, 0.2) is 53.3 Å². The van der Waals surface area contributed by atoms with Crippen LogP contribution in [0, 0.1) is 11.7 Å². The van der Waals surface area contributed by atoms with Crippen LogP contribution in [-0.2, 0) is 11.2 Å². The summed E-state index contributed by atoms with van der Waals surface area (Å²) in [5.74, 6) is -0.315. The third-order valence-corrected chi connectivity index (χ3v) is 4.91. The normalized spacial score (nSPS) is 13.5. The molecule has 1 heterocycles. The van der Waals surface area contributed by atoms with Crippen molar-refractivity contribution < 1.29 is 14.0 Å². The molecule has 0 bridgehead atoms. The SMILES string of the molecule is O=C(CCc1cc2ccc(F)cc2[nH]c1=O)Nc1ccc(C(=O)C2CC2)cc1. The average molecular weight is 378 g/mol. The molecule has 0 saturated heterocycles. The maximum atomic E-state index is 13.2. The highest BCUT2D eigenvalue weighted by atomic mass is 19.1. The van der Waals surface area contributed by atoms with E-state index in [2.05, 4.69) is 10.3 Å². The summed E-state index contributed by atoms with van der Waals surface area (Å²) >= 11 is 0. The van der Waals surface area contributed by atoms with E-state index >= 15 is 0 Å². The number of nitrogens with one attached hydrogen (secondary N) is 2. The predicted molar refractivity (Wildman–Crippen MR) is 105 cm³/mol. The van der Waals surface area contributed by atoms with Crippen molar-refractivity contribution in [1.29, 1.82) is 0 Å². The van der Waals surface area contributed by atoms with E-state index in [9.17, 15) is 18.8 Å². The van der Waals surface area contributed by atoms with Gasteiger partial charge in [-0.3, -0.25) is 14.4 Å². The molecule has 0 aliphatic heterocycles. The van der Waals surface area contributed by atoms with Gasteiger partial charge in [-0.25, -0.2) is 4.39 Å². The summed E-state index contributed by atoms with van der Waals surface area (Å²) in [6, 6.07) is 12.7. The predicted octanol–water partition coefficient (Wildman–Crippen LogP) is 3.83. The minimum Gasteiger partial charge on any atom is -0.326 e. The second-order valence-corrected chi connectivity index (χ2v) is 7.12. The number of carbonyl (C=O) groups is 2. The number of amides is 1. The molecule has 1 saturated carbocycles. The molecule has 0 spiro atoms. The zero-order chi connectivity index (χ0) is 19.7. The van der Waals surface area contributed by atoms with Crippen LogP contribution in [0.3, 0.4) is 0 Å². The molecular weight excluding hydrogens is 359 g/mol. The molecule has 3 aromatic rings. The fraction of sp³-hybridized carbons (Fsp3) is 0.227. The maximum absolute atomic E-state index is 13.2. The van der Waals surface area contributed by atoms with Crippen LogP contribution < -0.4 is 10.9 Å². The molecule has 0 radical (unpaired) electrons. The minimum absolute atomic E-state index is 0.137. The highest BCUT2D eigenvalue weighted by Gasteiger charge is 2.30. The first kappa shape index (κ1) is 18.1. The lowest BCUT2D eigenvalue weighted by molar-refractivity contribution is -0.116. The Morgan fingerprint density at radius 2 is 1.82 bits per heavy atom. The van der Waals surface area contributed by atoms with Crippen LogP contribution in [0.4, 0.5) is 10.1 Å². The number of anilines is 1. The number of Topliss-reactive ketones (excluding diaryl/α,β-unsaturated/α-hetero) is 1. The van der Waals surface area contributed by atoms with Gasteiger partial charge in [0.1, 0.15) is 5.82 Å². The van der Waals surface area contributed by atoms with Gasteiger partial charge in [0.25, 0.3) is 5.56 Å². The zero-order valence-corrected chi connectivity index (χ0v) is 15.1. The molecule has 1 aliphatic rings. The van der Waals surface area contributed by atoms with E-state index in [4.69, 9.17) is 0 Å². The van der Waals surface area contributed by atoms with Crippen molar-refractivity contribution in [2.24, 2.45) is 5.92 Å². The smallest absolute Gasteiger partial charge is 0.251 e. The summed E-state index contributed by atoms with van der Waals surface area (Å²) in [6.45, 7) is 0. The Morgan fingerprint density at radius 3 is 2.54 bits per heavy atom. The summed E-state index contributed by atoms with van der Waals surface area (Å²) in [5, 5.41) is 3.49. The number of aromatic amines is 1. The molecule has 142 valence electrons. The second kappa shape index (κ2) is 7.38. The van der Waals surface area contributed by atoms with E-state index in [-0.39, 0.29) is 36.0 Å². The topological polar surface area (TPSA) is 79.0 Å². The standard InChI is InChI=1S/C22H19FN2O3/c23-17-7-3-15-11-16(22(28)25-19(15)12-17)6-10-20(26)24-18-8-4-14(5-9-18)21(27)13-1-2-13/h3-5,7-9,11-13H,1-2,6,10H2,(H,24,26)(H,25,28). The van der Waals surface area contributed by atoms with Crippen molar-refractivity contribution in [1.82, 2.24) is 4.98 Å². The Bertz CT molecular complexity index is 1110. The molecule has 1 aromatic heterocycles. The maximum Gasteiger partial charge on any atom is 0.251 e. The van der Waals surface area contributed by atoms with E-state index in [0.29, 0.717) is 27.7 Å². The number of aromatic nitrogens is 1. The molecule has 2 N–H and O–H groups in total. The first-order valence-corrected chi connectivity index (χ1v) is 9.25. The first-order valence-electron chi connectivity index (χ1n) is 9.25. The lowest BCUT2D eigenvalue weighted by atomic mass is 10.1. The molecule has 1 aliphatic carbocycles. The molecular formula is C22H19FN2O3. The monoisotopic (exact) mass is 378 g/mol. The van der Waals surface area contributed by atoms with Gasteiger partial charge in [0, 0.05) is 29.2 Å². The first-order chi connectivity index (χ1) is 13.5. The van der Waals surface area contributed by atoms with Crippen molar-refractivity contribution in [3.8, 4) is 0 Å². The van der Waals surface area contributed by atoms with Crippen LogP contribution in [-0.4, -0.2) is 16.7 Å². The molecule has 1 amide bonds. The number of carbonyl (C=O) groups excluding carboxylic acids is 2. The number of H-pyrrole nitrogens is 1. The van der Waals surface area contributed by atoms with Crippen LogP contribution in [0.1, 0.15) is 35.2 Å². The van der Waals surface area contributed by atoms with Gasteiger partial charge in [0.05, 0.1) is 5.52 Å². The van der Waals surface area contributed by atoms with Crippen molar-refractivity contribution >= 4 is 28.3 Å². The van der Waals surface area contributed by atoms with E-state index in [1.807, 2.05) is 0 Å².